The molecule has 0 saturated carbocycles. The summed E-state index contributed by atoms with van der Waals surface area (Å²) >= 11 is 0. The number of fused-ring (bicyclic) bond motifs is 1. The van der Waals surface area contributed by atoms with E-state index < -0.39 is 11.7 Å². The average molecular weight is 573 g/mol. The van der Waals surface area contributed by atoms with Gasteiger partial charge in [0.05, 0.1) is 19.3 Å². The second-order valence-electron chi connectivity index (χ2n) is 10.8. The summed E-state index contributed by atoms with van der Waals surface area (Å²) in [6.07, 6.45) is 1.20. The Morgan fingerprint density at radius 2 is 1.76 bits per heavy atom. The van der Waals surface area contributed by atoms with E-state index in [-0.39, 0.29) is 31.5 Å². The molecule has 0 spiro atoms. The number of furan rings is 1. The number of carbonyl (C=O) groups excluding carboxylic acids is 3. The Balaban J connectivity index is 1.58. The number of hydrogen-bond donors (Lipinski definition) is 2. The Morgan fingerprint density at radius 3 is 2.50 bits per heavy atom. The molecule has 0 aliphatic heterocycles. The number of esters is 1. The van der Waals surface area contributed by atoms with Crippen molar-refractivity contribution in [2.45, 2.75) is 59.8 Å². The van der Waals surface area contributed by atoms with Gasteiger partial charge in [-0.3, -0.25) is 9.59 Å². The van der Waals surface area contributed by atoms with E-state index in [1.54, 1.807) is 31.4 Å². The summed E-state index contributed by atoms with van der Waals surface area (Å²) in [5, 5.41) is 6.45. The largest absolute Gasteiger partial charge is 0.489 e. The lowest BCUT2D eigenvalue weighted by Crippen LogP contribution is -2.32. The van der Waals surface area contributed by atoms with Crippen LogP contribution in [0.15, 0.2) is 71.3 Å². The molecule has 1 heterocycles. The molecule has 0 bridgehead atoms. The summed E-state index contributed by atoms with van der Waals surface area (Å²) in [5.41, 5.74) is 4.92. The Morgan fingerprint density at radius 1 is 0.952 bits per heavy atom. The zero-order chi connectivity index (χ0) is 30.3. The molecule has 0 atom stereocenters. The number of ether oxygens (including phenoxy) is 3. The molecule has 220 valence electrons. The fourth-order valence-electron chi connectivity index (χ4n) is 4.42. The normalized spacial score (nSPS) is 11.2. The molecule has 0 saturated heterocycles. The van der Waals surface area contributed by atoms with Crippen molar-refractivity contribution >= 4 is 34.6 Å². The van der Waals surface area contributed by atoms with E-state index in [0.29, 0.717) is 23.5 Å². The summed E-state index contributed by atoms with van der Waals surface area (Å²) in [6, 6.07) is 18.9. The standard InChI is InChI=1S/C33H36N2O7/c1-6-39-30(37)17-25-10-11-27(35-21(2)36)18-29(25)41-20-23-15-26-12-13-40-31(26)28(16-23)24-9-7-8-22(14-24)19-34-32(38)42-33(3,4)5/h7-16,18H,6,17,19-20H2,1-5H3,(H,34,38)(H,35,36). The molecule has 1 aromatic heterocycles. The summed E-state index contributed by atoms with van der Waals surface area (Å²) < 4.78 is 22.5. The van der Waals surface area contributed by atoms with Gasteiger partial charge < -0.3 is 29.3 Å². The molecule has 0 aliphatic rings. The van der Waals surface area contributed by atoms with Gasteiger partial charge in [0.15, 0.2) is 0 Å². The van der Waals surface area contributed by atoms with Crippen LogP contribution in [0, 0.1) is 0 Å². The molecular formula is C33H36N2O7. The van der Waals surface area contributed by atoms with Crippen molar-refractivity contribution in [2.75, 3.05) is 11.9 Å². The summed E-state index contributed by atoms with van der Waals surface area (Å²) in [7, 11) is 0. The van der Waals surface area contributed by atoms with Crippen molar-refractivity contribution < 1.29 is 33.0 Å². The fraction of sp³-hybridized carbons (Fsp3) is 0.303. The van der Waals surface area contributed by atoms with E-state index in [1.807, 2.05) is 63.2 Å². The minimum Gasteiger partial charge on any atom is -0.489 e. The number of hydrogen-bond acceptors (Lipinski definition) is 7. The molecule has 2 amide bonds. The number of rotatable bonds is 10. The minimum absolute atomic E-state index is 0.0413. The predicted octanol–water partition coefficient (Wildman–Crippen LogP) is 6.77. The predicted molar refractivity (Wildman–Crippen MR) is 160 cm³/mol. The first-order valence-electron chi connectivity index (χ1n) is 13.8. The number of nitrogens with one attached hydrogen (secondary N) is 2. The zero-order valence-electron chi connectivity index (χ0n) is 24.5. The third-order valence-electron chi connectivity index (χ3n) is 6.11. The second-order valence-corrected chi connectivity index (χ2v) is 10.8. The van der Waals surface area contributed by atoms with Crippen molar-refractivity contribution in [2.24, 2.45) is 0 Å². The van der Waals surface area contributed by atoms with E-state index in [9.17, 15) is 14.4 Å². The summed E-state index contributed by atoms with van der Waals surface area (Å²) in [6.45, 7) is 9.43. The molecule has 0 aliphatic carbocycles. The minimum atomic E-state index is -0.579. The van der Waals surface area contributed by atoms with Gasteiger partial charge in [0.1, 0.15) is 23.5 Å². The molecular weight excluding hydrogens is 536 g/mol. The van der Waals surface area contributed by atoms with E-state index in [0.717, 1.165) is 33.2 Å². The number of anilines is 1. The van der Waals surface area contributed by atoms with E-state index in [1.165, 1.54) is 6.92 Å². The number of alkyl carbamates (subject to hydrolysis) is 1. The van der Waals surface area contributed by atoms with Crippen LogP contribution in [0.4, 0.5) is 10.5 Å². The zero-order valence-corrected chi connectivity index (χ0v) is 24.5. The summed E-state index contributed by atoms with van der Waals surface area (Å²) in [5.74, 6) is -0.103. The maximum Gasteiger partial charge on any atom is 0.407 e. The number of benzene rings is 3. The fourth-order valence-corrected chi connectivity index (χ4v) is 4.42. The quantitative estimate of drug-likeness (QED) is 0.202. The Bertz CT molecular complexity index is 1580. The summed E-state index contributed by atoms with van der Waals surface area (Å²) in [4.78, 5) is 36.0. The number of amides is 2. The highest BCUT2D eigenvalue weighted by Gasteiger charge is 2.17. The van der Waals surface area contributed by atoms with Gasteiger partial charge >= 0.3 is 12.1 Å². The molecule has 0 radical (unpaired) electrons. The van der Waals surface area contributed by atoms with Crippen LogP contribution in [0.3, 0.4) is 0 Å². The van der Waals surface area contributed by atoms with Crippen LogP contribution < -0.4 is 15.4 Å². The van der Waals surface area contributed by atoms with Gasteiger partial charge in [-0.25, -0.2) is 4.79 Å². The van der Waals surface area contributed by atoms with E-state index >= 15 is 0 Å². The first-order chi connectivity index (χ1) is 20.0. The Labute approximate surface area is 245 Å². The van der Waals surface area contributed by atoms with Crippen LogP contribution in [0.25, 0.3) is 22.1 Å². The first kappa shape index (κ1) is 30.2. The van der Waals surface area contributed by atoms with Crippen LogP contribution in [0.5, 0.6) is 5.75 Å². The molecule has 4 aromatic rings. The van der Waals surface area contributed by atoms with Crippen molar-refractivity contribution in [1.82, 2.24) is 5.32 Å². The molecule has 42 heavy (non-hydrogen) atoms. The van der Waals surface area contributed by atoms with Gasteiger partial charge in [0.2, 0.25) is 5.91 Å². The van der Waals surface area contributed by atoms with Crippen LogP contribution in [-0.2, 0) is 38.6 Å². The van der Waals surface area contributed by atoms with Gasteiger partial charge in [-0.2, -0.15) is 0 Å². The Hall–Kier alpha value is -4.79. The van der Waals surface area contributed by atoms with Gasteiger partial charge in [-0.1, -0.05) is 24.3 Å². The number of carbonyl (C=O) groups is 3. The van der Waals surface area contributed by atoms with Crippen LogP contribution >= 0.6 is 0 Å². The molecule has 2 N–H and O–H groups in total. The lowest BCUT2D eigenvalue weighted by molar-refractivity contribution is -0.142. The smallest absolute Gasteiger partial charge is 0.407 e. The van der Waals surface area contributed by atoms with Crippen molar-refractivity contribution in [1.29, 1.82) is 0 Å². The molecule has 3 aromatic carbocycles. The van der Waals surface area contributed by atoms with E-state index in [4.69, 9.17) is 18.6 Å². The maximum absolute atomic E-state index is 12.2. The van der Waals surface area contributed by atoms with Crippen molar-refractivity contribution in [3.8, 4) is 16.9 Å². The highest BCUT2D eigenvalue weighted by molar-refractivity contribution is 5.93. The van der Waals surface area contributed by atoms with Crippen molar-refractivity contribution in [3.63, 3.8) is 0 Å². The molecule has 0 unspecified atom stereocenters. The van der Waals surface area contributed by atoms with E-state index in [2.05, 4.69) is 10.6 Å². The van der Waals surface area contributed by atoms with Gasteiger partial charge in [-0.15, -0.1) is 0 Å². The SMILES string of the molecule is CCOC(=O)Cc1ccc(NC(C)=O)cc1OCc1cc(-c2cccc(CNC(=O)OC(C)(C)C)c2)c2occc2c1. The van der Waals surface area contributed by atoms with Gasteiger partial charge in [0, 0.05) is 41.7 Å². The third kappa shape index (κ3) is 8.36. The van der Waals surface area contributed by atoms with Crippen LogP contribution in [0.1, 0.15) is 51.3 Å². The highest BCUT2D eigenvalue weighted by Crippen LogP contribution is 2.33. The first-order valence-corrected chi connectivity index (χ1v) is 13.8. The monoisotopic (exact) mass is 572 g/mol. The molecule has 4 rings (SSSR count). The Kier molecular flexibility index (Phi) is 9.52. The third-order valence-corrected chi connectivity index (χ3v) is 6.11. The lowest BCUT2D eigenvalue weighted by atomic mass is 9.99. The molecule has 9 heteroatoms. The van der Waals surface area contributed by atoms with Crippen LogP contribution in [0.2, 0.25) is 0 Å². The van der Waals surface area contributed by atoms with Gasteiger partial charge in [0.25, 0.3) is 0 Å². The molecule has 9 nitrogen and oxygen atoms in total. The topological polar surface area (TPSA) is 116 Å². The molecule has 0 fully saturated rings. The lowest BCUT2D eigenvalue weighted by Gasteiger charge is -2.19. The van der Waals surface area contributed by atoms with Crippen molar-refractivity contribution in [3.05, 3.63) is 83.6 Å². The van der Waals surface area contributed by atoms with Gasteiger partial charge in [-0.05, 0) is 74.7 Å². The highest BCUT2D eigenvalue weighted by atomic mass is 16.6. The van der Waals surface area contributed by atoms with Crippen LogP contribution in [-0.4, -0.2) is 30.2 Å². The average Bonchev–Trinajstić information content (AvgIpc) is 3.39. The maximum atomic E-state index is 12.2. The second kappa shape index (κ2) is 13.2.